The second-order valence-corrected chi connectivity index (χ2v) is 5.74. The number of hydrogen-bond donors (Lipinski definition) is 1. The fourth-order valence-electron chi connectivity index (χ4n) is 2.67. The topological polar surface area (TPSA) is 86.4 Å². The van der Waals surface area contributed by atoms with Gasteiger partial charge in [0.15, 0.2) is 11.6 Å². The third-order valence-corrected chi connectivity index (χ3v) is 3.95. The zero-order valence-corrected chi connectivity index (χ0v) is 13.2. The molecule has 1 aliphatic heterocycles. The van der Waals surface area contributed by atoms with E-state index in [2.05, 4.69) is 10.3 Å². The van der Waals surface area contributed by atoms with Gasteiger partial charge in [-0.3, -0.25) is 9.59 Å². The first-order valence-electron chi connectivity index (χ1n) is 7.56. The van der Waals surface area contributed by atoms with Gasteiger partial charge in [0.25, 0.3) is 11.5 Å². The van der Waals surface area contributed by atoms with Gasteiger partial charge in [0.05, 0.1) is 5.69 Å². The van der Waals surface area contributed by atoms with E-state index >= 15 is 0 Å². The number of carbonyl (C=O) groups excluding carboxylic acids is 1. The highest BCUT2D eigenvalue weighted by atomic mass is 16.5. The lowest BCUT2D eigenvalue weighted by Crippen LogP contribution is -2.21. The lowest BCUT2D eigenvalue weighted by atomic mass is 10.0. The molecular formula is C16H19N3O4. The van der Waals surface area contributed by atoms with Crippen molar-refractivity contribution in [1.82, 2.24) is 9.55 Å². The van der Waals surface area contributed by atoms with E-state index in [9.17, 15) is 9.59 Å². The molecule has 0 saturated carbocycles. The highest BCUT2D eigenvalue weighted by Crippen LogP contribution is 2.26. The number of ether oxygens (including phenoxy) is 1. The van der Waals surface area contributed by atoms with Gasteiger partial charge >= 0.3 is 0 Å². The number of aryl methyl sites for hydroxylation is 2. The number of aromatic nitrogens is 2. The summed E-state index contributed by atoms with van der Waals surface area (Å²) in [6.07, 6.45) is 4.64. The minimum Gasteiger partial charge on any atom is -0.448 e. The third kappa shape index (κ3) is 3.34. The number of nitrogens with one attached hydrogen (secondary N) is 1. The first-order valence-corrected chi connectivity index (χ1v) is 7.56. The van der Waals surface area contributed by atoms with Crippen molar-refractivity contribution in [2.24, 2.45) is 7.05 Å². The minimum absolute atomic E-state index is 0.0914. The zero-order chi connectivity index (χ0) is 16.4. The van der Waals surface area contributed by atoms with Crippen LogP contribution in [0.15, 0.2) is 27.7 Å². The Hall–Kier alpha value is -2.41. The predicted octanol–water partition coefficient (Wildman–Crippen LogP) is 1.83. The van der Waals surface area contributed by atoms with Crippen LogP contribution in [0.1, 0.15) is 40.7 Å². The fourth-order valence-corrected chi connectivity index (χ4v) is 2.67. The molecule has 1 saturated heterocycles. The third-order valence-electron chi connectivity index (χ3n) is 3.95. The van der Waals surface area contributed by atoms with Crippen molar-refractivity contribution < 1.29 is 13.9 Å². The first kappa shape index (κ1) is 15.5. The van der Waals surface area contributed by atoms with Crippen LogP contribution < -0.4 is 10.9 Å². The molecule has 7 heteroatoms. The summed E-state index contributed by atoms with van der Waals surface area (Å²) < 4.78 is 12.2. The van der Waals surface area contributed by atoms with Crippen LogP contribution in [0.25, 0.3) is 0 Å². The molecule has 122 valence electrons. The average molecular weight is 317 g/mol. The molecule has 0 atom stereocenters. The molecule has 1 aliphatic rings. The SMILES string of the molecule is Cc1cc(NC(=O)c2coc(C3CCOCC3)n2)cn(C)c1=O. The van der Waals surface area contributed by atoms with Crippen LogP contribution in [0.4, 0.5) is 5.69 Å². The molecule has 0 unspecified atom stereocenters. The molecule has 2 aromatic heterocycles. The number of pyridine rings is 1. The number of amides is 1. The summed E-state index contributed by atoms with van der Waals surface area (Å²) in [6, 6.07) is 1.64. The van der Waals surface area contributed by atoms with Crippen LogP contribution in [-0.2, 0) is 11.8 Å². The lowest BCUT2D eigenvalue weighted by Gasteiger charge is -2.18. The van der Waals surface area contributed by atoms with Gasteiger partial charge in [0, 0.05) is 37.9 Å². The van der Waals surface area contributed by atoms with Gasteiger partial charge in [0.2, 0.25) is 0 Å². The van der Waals surface area contributed by atoms with Crippen molar-refractivity contribution in [3.05, 3.63) is 46.0 Å². The molecule has 0 aromatic carbocycles. The van der Waals surface area contributed by atoms with E-state index in [4.69, 9.17) is 9.15 Å². The molecule has 0 bridgehead atoms. The van der Waals surface area contributed by atoms with Gasteiger partial charge in [-0.2, -0.15) is 0 Å². The van der Waals surface area contributed by atoms with Crippen molar-refractivity contribution in [1.29, 1.82) is 0 Å². The Morgan fingerprint density at radius 2 is 2.13 bits per heavy atom. The minimum atomic E-state index is -0.356. The molecule has 1 N–H and O–H groups in total. The lowest BCUT2D eigenvalue weighted by molar-refractivity contribution is 0.0794. The molecule has 7 nitrogen and oxygen atoms in total. The van der Waals surface area contributed by atoms with E-state index in [0.717, 1.165) is 12.8 Å². The van der Waals surface area contributed by atoms with Crippen LogP contribution in [0.5, 0.6) is 0 Å². The number of nitrogens with zero attached hydrogens (tertiary/aromatic N) is 2. The van der Waals surface area contributed by atoms with Gasteiger partial charge < -0.3 is 19.0 Å². The number of rotatable bonds is 3. The van der Waals surface area contributed by atoms with E-state index in [1.54, 1.807) is 26.2 Å². The second-order valence-electron chi connectivity index (χ2n) is 5.74. The largest absolute Gasteiger partial charge is 0.448 e. The van der Waals surface area contributed by atoms with Gasteiger partial charge in [-0.1, -0.05) is 0 Å². The van der Waals surface area contributed by atoms with Crippen LogP contribution in [-0.4, -0.2) is 28.7 Å². The van der Waals surface area contributed by atoms with E-state index in [0.29, 0.717) is 30.4 Å². The molecule has 0 radical (unpaired) electrons. The number of anilines is 1. The Labute approximate surface area is 133 Å². The van der Waals surface area contributed by atoms with Crippen molar-refractivity contribution >= 4 is 11.6 Å². The van der Waals surface area contributed by atoms with Gasteiger partial charge in [-0.05, 0) is 25.8 Å². The van der Waals surface area contributed by atoms with Crippen LogP contribution in [0.3, 0.4) is 0 Å². The van der Waals surface area contributed by atoms with Crippen molar-refractivity contribution in [2.75, 3.05) is 18.5 Å². The van der Waals surface area contributed by atoms with Crippen molar-refractivity contribution in [3.8, 4) is 0 Å². The summed E-state index contributed by atoms with van der Waals surface area (Å²) in [6.45, 7) is 3.08. The molecule has 3 rings (SSSR count). The van der Waals surface area contributed by atoms with Crippen molar-refractivity contribution in [3.63, 3.8) is 0 Å². The van der Waals surface area contributed by atoms with Crippen LogP contribution in [0, 0.1) is 6.92 Å². The van der Waals surface area contributed by atoms with E-state index in [1.165, 1.54) is 10.8 Å². The van der Waals surface area contributed by atoms with Gasteiger partial charge in [-0.15, -0.1) is 0 Å². The maximum Gasteiger partial charge on any atom is 0.277 e. The highest BCUT2D eigenvalue weighted by molar-refractivity contribution is 6.02. The van der Waals surface area contributed by atoms with Gasteiger partial charge in [-0.25, -0.2) is 4.98 Å². The van der Waals surface area contributed by atoms with E-state index in [-0.39, 0.29) is 23.1 Å². The summed E-state index contributed by atoms with van der Waals surface area (Å²) in [5.74, 6) is 0.422. The van der Waals surface area contributed by atoms with Crippen LogP contribution in [0.2, 0.25) is 0 Å². The molecule has 0 aliphatic carbocycles. The summed E-state index contributed by atoms with van der Waals surface area (Å²) in [7, 11) is 1.64. The second kappa shape index (κ2) is 6.37. The number of hydrogen-bond acceptors (Lipinski definition) is 5. The van der Waals surface area contributed by atoms with Gasteiger partial charge in [0.1, 0.15) is 6.26 Å². The van der Waals surface area contributed by atoms with E-state index < -0.39 is 0 Å². The highest BCUT2D eigenvalue weighted by Gasteiger charge is 2.22. The molecule has 3 heterocycles. The number of oxazole rings is 1. The smallest absolute Gasteiger partial charge is 0.277 e. The average Bonchev–Trinajstić information content (AvgIpc) is 3.03. The van der Waals surface area contributed by atoms with E-state index in [1.807, 2.05) is 0 Å². The maximum atomic E-state index is 12.3. The standard InChI is InChI=1S/C16H19N3O4/c1-10-7-12(8-19(2)16(10)21)17-14(20)13-9-23-15(18-13)11-3-5-22-6-4-11/h7-9,11H,3-6H2,1-2H3,(H,17,20). The normalized spacial score (nSPS) is 15.6. The number of carbonyl (C=O) groups is 1. The maximum absolute atomic E-state index is 12.3. The Morgan fingerprint density at radius 1 is 1.39 bits per heavy atom. The summed E-state index contributed by atoms with van der Waals surface area (Å²) in [5, 5.41) is 2.74. The molecule has 2 aromatic rings. The fraction of sp³-hybridized carbons (Fsp3) is 0.438. The summed E-state index contributed by atoms with van der Waals surface area (Å²) in [4.78, 5) is 28.2. The summed E-state index contributed by atoms with van der Waals surface area (Å²) in [5.41, 5.74) is 1.25. The molecule has 1 fully saturated rings. The molecule has 1 amide bonds. The Bertz CT molecular complexity index is 746. The Kier molecular flexibility index (Phi) is 4.29. The quantitative estimate of drug-likeness (QED) is 0.933. The zero-order valence-electron chi connectivity index (χ0n) is 13.2. The van der Waals surface area contributed by atoms with Crippen molar-refractivity contribution in [2.45, 2.75) is 25.7 Å². The summed E-state index contributed by atoms with van der Waals surface area (Å²) >= 11 is 0. The Balaban J connectivity index is 1.73. The predicted molar refractivity (Wildman–Crippen MR) is 83.7 cm³/mol. The Morgan fingerprint density at radius 3 is 2.83 bits per heavy atom. The molecular weight excluding hydrogens is 298 g/mol. The molecule has 0 spiro atoms. The van der Waals surface area contributed by atoms with Crippen LogP contribution >= 0.6 is 0 Å². The first-order chi connectivity index (χ1) is 11.0. The monoisotopic (exact) mass is 317 g/mol. The molecule has 23 heavy (non-hydrogen) atoms.